The van der Waals surface area contributed by atoms with Gasteiger partial charge in [-0.1, -0.05) is 0 Å². The van der Waals surface area contributed by atoms with Crippen molar-refractivity contribution in [1.82, 2.24) is 4.90 Å². The molecule has 106 valence electrons. The summed E-state index contributed by atoms with van der Waals surface area (Å²) in [6.45, 7) is 6.84. The highest BCUT2D eigenvalue weighted by Gasteiger charge is 2.43. The predicted molar refractivity (Wildman–Crippen MR) is 57.9 cm³/mol. The van der Waals surface area contributed by atoms with Gasteiger partial charge in [-0.3, -0.25) is 4.74 Å². The minimum absolute atomic E-state index is 0.153. The zero-order valence-electron chi connectivity index (χ0n) is 10.9. The van der Waals surface area contributed by atoms with Gasteiger partial charge < -0.3 is 9.64 Å². The Morgan fingerprint density at radius 2 is 1.83 bits per heavy atom. The molecule has 0 spiro atoms. The molecular formula is C11H18F3NO3. The number of ether oxygens (including phenoxy) is 2. The van der Waals surface area contributed by atoms with Gasteiger partial charge in [0.05, 0.1) is 12.1 Å². The quantitative estimate of drug-likeness (QED) is 0.734. The van der Waals surface area contributed by atoms with Crippen molar-refractivity contribution in [3.05, 3.63) is 0 Å². The van der Waals surface area contributed by atoms with Gasteiger partial charge in [-0.25, -0.2) is 4.79 Å². The van der Waals surface area contributed by atoms with E-state index in [2.05, 4.69) is 4.74 Å². The summed E-state index contributed by atoms with van der Waals surface area (Å²) in [6.07, 6.45) is -6.16. The van der Waals surface area contributed by atoms with Crippen molar-refractivity contribution < 1.29 is 27.4 Å². The maximum absolute atomic E-state index is 12.1. The molecule has 7 heteroatoms. The molecule has 0 N–H and O–H groups in total. The van der Waals surface area contributed by atoms with E-state index in [1.807, 2.05) is 0 Å². The molecular weight excluding hydrogens is 251 g/mol. The highest BCUT2D eigenvalue weighted by molar-refractivity contribution is 5.69. The predicted octanol–water partition coefficient (Wildman–Crippen LogP) is 2.92. The number of amides is 1. The van der Waals surface area contributed by atoms with Gasteiger partial charge in [0.15, 0.2) is 0 Å². The van der Waals surface area contributed by atoms with Gasteiger partial charge in [0, 0.05) is 6.54 Å². The molecule has 1 rings (SSSR count). The molecule has 0 radical (unpaired) electrons. The normalized spacial score (nSPS) is 25.4. The number of rotatable bonds is 1. The Hall–Kier alpha value is -0.980. The maximum Gasteiger partial charge on any atom is 0.522 e. The number of likely N-dealkylation sites (tertiary alicyclic amines) is 1. The van der Waals surface area contributed by atoms with Crippen LogP contribution in [0.1, 0.15) is 34.1 Å². The number of carbonyl (C=O) groups excluding carboxylic acids is 1. The zero-order chi connectivity index (χ0) is 14.1. The fourth-order valence-electron chi connectivity index (χ4n) is 1.82. The molecule has 1 saturated heterocycles. The molecule has 1 heterocycles. The van der Waals surface area contributed by atoms with Crippen LogP contribution in [0.15, 0.2) is 0 Å². The van der Waals surface area contributed by atoms with Crippen molar-refractivity contribution in [3.8, 4) is 0 Å². The molecule has 0 saturated carbocycles. The Balaban J connectivity index is 2.59. The molecule has 0 bridgehead atoms. The van der Waals surface area contributed by atoms with E-state index in [-0.39, 0.29) is 13.0 Å². The van der Waals surface area contributed by atoms with Crippen LogP contribution in [0.4, 0.5) is 18.0 Å². The summed E-state index contributed by atoms with van der Waals surface area (Å²) in [5.74, 6) is 0. The van der Waals surface area contributed by atoms with E-state index in [4.69, 9.17) is 4.74 Å². The summed E-state index contributed by atoms with van der Waals surface area (Å²) in [7, 11) is 0. The molecule has 0 aromatic carbocycles. The summed E-state index contributed by atoms with van der Waals surface area (Å²) in [5.41, 5.74) is -0.667. The van der Waals surface area contributed by atoms with Crippen LogP contribution in [0.2, 0.25) is 0 Å². The highest BCUT2D eigenvalue weighted by Crippen LogP contribution is 2.29. The molecule has 1 fully saturated rings. The van der Waals surface area contributed by atoms with Crippen LogP contribution in [0, 0.1) is 0 Å². The van der Waals surface area contributed by atoms with Crippen molar-refractivity contribution >= 4 is 6.09 Å². The molecule has 0 aromatic heterocycles. The summed E-state index contributed by atoms with van der Waals surface area (Å²) in [6, 6.07) is -0.651. The largest absolute Gasteiger partial charge is 0.522 e. The van der Waals surface area contributed by atoms with Gasteiger partial charge in [0.25, 0.3) is 0 Å². The SMILES string of the molecule is CC1C(OC(F)(F)F)CCN1C(=O)OC(C)(C)C. The first-order chi connectivity index (χ1) is 7.99. The minimum atomic E-state index is -4.68. The van der Waals surface area contributed by atoms with Crippen LogP contribution in [0.5, 0.6) is 0 Å². The number of carbonyl (C=O) groups is 1. The molecule has 2 atom stereocenters. The third kappa shape index (κ3) is 4.36. The Labute approximate surface area is 104 Å². The van der Waals surface area contributed by atoms with Crippen LogP contribution < -0.4 is 0 Å². The van der Waals surface area contributed by atoms with Crippen molar-refractivity contribution in [3.63, 3.8) is 0 Å². The van der Waals surface area contributed by atoms with Gasteiger partial charge in [-0.15, -0.1) is 13.2 Å². The lowest BCUT2D eigenvalue weighted by Crippen LogP contribution is -2.42. The Morgan fingerprint density at radius 3 is 2.28 bits per heavy atom. The lowest BCUT2D eigenvalue weighted by Gasteiger charge is -2.28. The van der Waals surface area contributed by atoms with E-state index >= 15 is 0 Å². The van der Waals surface area contributed by atoms with Gasteiger partial charge in [-0.2, -0.15) is 0 Å². The number of nitrogens with zero attached hydrogens (tertiary/aromatic N) is 1. The zero-order valence-corrected chi connectivity index (χ0v) is 10.9. The molecule has 0 aliphatic carbocycles. The highest BCUT2D eigenvalue weighted by atomic mass is 19.4. The lowest BCUT2D eigenvalue weighted by atomic mass is 10.2. The summed E-state index contributed by atoms with van der Waals surface area (Å²) >= 11 is 0. The van der Waals surface area contributed by atoms with Crippen molar-refractivity contribution in [2.45, 2.75) is 58.2 Å². The van der Waals surface area contributed by atoms with Gasteiger partial charge >= 0.3 is 12.5 Å². The average molecular weight is 269 g/mol. The fourth-order valence-corrected chi connectivity index (χ4v) is 1.82. The van der Waals surface area contributed by atoms with Gasteiger partial charge in [0.2, 0.25) is 0 Å². The van der Waals surface area contributed by atoms with Crippen molar-refractivity contribution in [2.24, 2.45) is 0 Å². The Bertz CT molecular complexity index is 312. The van der Waals surface area contributed by atoms with Crippen molar-refractivity contribution in [2.75, 3.05) is 6.54 Å². The number of hydrogen-bond acceptors (Lipinski definition) is 3. The molecule has 4 nitrogen and oxygen atoms in total. The maximum atomic E-state index is 12.1. The van der Waals surface area contributed by atoms with Crippen LogP contribution in [0.3, 0.4) is 0 Å². The fraction of sp³-hybridized carbons (Fsp3) is 0.909. The van der Waals surface area contributed by atoms with Crippen LogP contribution in [-0.4, -0.2) is 41.6 Å². The van der Waals surface area contributed by atoms with E-state index in [1.165, 1.54) is 11.8 Å². The number of alkyl halides is 3. The second-order valence-corrected chi connectivity index (χ2v) is 5.31. The van der Waals surface area contributed by atoms with Gasteiger partial charge in [0.1, 0.15) is 5.60 Å². The molecule has 1 aliphatic rings. The Kier molecular flexibility index (Phi) is 4.15. The first-order valence-electron chi connectivity index (χ1n) is 5.74. The first kappa shape index (κ1) is 15.1. The monoisotopic (exact) mass is 269 g/mol. The summed E-state index contributed by atoms with van der Waals surface area (Å²) < 4.78 is 45.5. The topological polar surface area (TPSA) is 38.8 Å². The van der Waals surface area contributed by atoms with Crippen LogP contribution >= 0.6 is 0 Å². The van der Waals surface area contributed by atoms with E-state index in [0.717, 1.165) is 0 Å². The van der Waals surface area contributed by atoms with Crippen molar-refractivity contribution in [1.29, 1.82) is 0 Å². The molecule has 1 amide bonds. The average Bonchev–Trinajstić information content (AvgIpc) is 2.42. The molecule has 18 heavy (non-hydrogen) atoms. The molecule has 0 aromatic rings. The van der Waals surface area contributed by atoms with E-state index in [9.17, 15) is 18.0 Å². The first-order valence-corrected chi connectivity index (χ1v) is 5.74. The summed E-state index contributed by atoms with van der Waals surface area (Å²) in [5, 5.41) is 0. The minimum Gasteiger partial charge on any atom is -0.444 e. The summed E-state index contributed by atoms with van der Waals surface area (Å²) in [4.78, 5) is 13.0. The second-order valence-electron chi connectivity index (χ2n) is 5.31. The lowest BCUT2D eigenvalue weighted by molar-refractivity contribution is -0.343. The third-order valence-corrected chi connectivity index (χ3v) is 2.60. The van der Waals surface area contributed by atoms with Crippen LogP contribution in [0.25, 0.3) is 0 Å². The smallest absolute Gasteiger partial charge is 0.444 e. The standard InChI is InChI=1S/C11H18F3NO3/c1-7-8(17-11(12,13)14)5-6-15(7)9(16)18-10(2,3)4/h7-8H,5-6H2,1-4H3. The van der Waals surface area contributed by atoms with E-state index in [0.29, 0.717) is 0 Å². The second kappa shape index (κ2) is 4.95. The van der Waals surface area contributed by atoms with E-state index < -0.39 is 30.2 Å². The molecule has 2 unspecified atom stereocenters. The number of halogens is 3. The van der Waals surface area contributed by atoms with E-state index in [1.54, 1.807) is 20.8 Å². The van der Waals surface area contributed by atoms with Gasteiger partial charge in [-0.05, 0) is 34.1 Å². The third-order valence-electron chi connectivity index (χ3n) is 2.60. The number of hydrogen-bond donors (Lipinski definition) is 0. The Morgan fingerprint density at radius 1 is 1.28 bits per heavy atom. The molecule has 1 aliphatic heterocycles. The van der Waals surface area contributed by atoms with Crippen LogP contribution in [-0.2, 0) is 9.47 Å².